The van der Waals surface area contributed by atoms with Gasteiger partial charge in [0.2, 0.25) is 5.95 Å². The standard InChI is InChI=1S/C27H21ClN6O2/c1-34-24-18(12-22(26(34)36)21-7-2-3-8-23(21)28)15-30-27(33-24)32-20-6-4-5-19(13-20)31-25(35)17(14-29)11-16-9-10-16/h2-8,11-13,15-16H,9-10H2,1H3,(H,31,35)(H,30,32,33)/b17-11+. The van der Waals surface area contributed by atoms with Gasteiger partial charge in [0.1, 0.15) is 17.3 Å². The van der Waals surface area contributed by atoms with Crippen LogP contribution in [0.5, 0.6) is 0 Å². The molecule has 0 spiro atoms. The van der Waals surface area contributed by atoms with Gasteiger partial charge >= 0.3 is 0 Å². The first-order chi connectivity index (χ1) is 17.4. The molecule has 1 fully saturated rings. The van der Waals surface area contributed by atoms with E-state index in [1.165, 1.54) is 4.57 Å². The van der Waals surface area contributed by atoms with Gasteiger partial charge in [0.25, 0.3) is 11.5 Å². The molecule has 2 aromatic heterocycles. The largest absolute Gasteiger partial charge is 0.324 e. The number of amides is 1. The number of nitriles is 1. The van der Waals surface area contributed by atoms with Crippen molar-refractivity contribution in [1.82, 2.24) is 14.5 Å². The highest BCUT2D eigenvalue weighted by molar-refractivity contribution is 6.33. The van der Waals surface area contributed by atoms with Crippen molar-refractivity contribution in [3.05, 3.63) is 87.8 Å². The minimum atomic E-state index is -0.437. The van der Waals surface area contributed by atoms with E-state index in [1.807, 2.05) is 18.2 Å². The van der Waals surface area contributed by atoms with Crippen molar-refractivity contribution >= 4 is 45.9 Å². The first kappa shape index (κ1) is 23.3. The van der Waals surface area contributed by atoms with E-state index in [9.17, 15) is 14.9 Å². The number of nitrogens with zero attached hydrogens (tertiary/aromatic N) is 4. The van der Waals surface area contributed by atoms with Crippen molar-refractivity contribution in [1.29, 1.82) is 5.26 Å². The Balaban J connectivity index is 1.40. The van der Waals surface area contributed by atoms with E-state index in [2.05, 4.69) is 20.6 Å². The lowest BCUT2D eigenvalue weighted by molar-refractivity contribution is -0.112. The first-order valence-corrected chi connectivity index (χ1v) is 11.7. The lowest BCUT2D eigenvalue weighted by atomic mass is 10.1. The van der Waals surface area contributed by atoms with Gasteiger partial charge in [0.05, 0.1) is 0 Å². The number of hydrogen-bond acceptors (Lipinski definition) is 6. The zero-order valence-electron chi connectivity index (χ0n) is 19.3. The van der Waals surface area contributed by atoms with Gasteiger partial charge in [0, 0.05) is 46.2 Å². The molecule has 2 aromatic carbocycles. The van der Waals surface area contributed by atoms with Crippen LogP contribution in [0.3, 0.4) is 0 Å². The Hall–Kier alpha value is -4.48. The average Bonchev–Trinajstić information content (AvgIpc) is 3.70. The van der Waals surface area contributed by atoms with Crippen molar-refractivity contribution in [3.63, 3.8) is 0 Å². The van der Waals surface area contributed by atoms with Crippen LogP contribution in [0.4, 0.5) is 17.3 Å². The number of pyridine rings is 1. The fourth-order valence-electron chi connectivity index (χ4n) is 3.84. The van der Waals surface area contributed by atoms with E-state index < -0.39 is 5.91 Å². The molecular formula is C27H21ClN6O2. The molecule has 0 saturated heterocycles. The summed E-state index contributed by atoms with van der Waals surface area (Å²) in [6.45, 7) is 0. The van der Waals surface area contributed by atoms with E-state index in [4.69, 9.17) is 11.6 Å². The normalized spacial score (nSPS) is 13.3. The average molecular weight is 497 g/mol. The van der Waals surface area contributed by atoms with Crippen LogP contribution >= 0.6 is 11.6 Å². The maximum atomic E-state index is 13.1. The third kappa shape index (κ3) is 4.83. The van der Waals surface area contributed by atoms with Gasteiger partial charge < -0.3 is 10.6 Å². The summed E-state index contributed by atoms with van der Waals surface area (Å²) in [7, 11) is 1.65. The fourth-order valence-corrected chi connectivity index (χ4v) is 4.08. The highest BCUT2D eigenvalue weighted by Crippen LogP contribution is 2.31. The minimum Gasteiger partial charge on any atom is -0.324 e. The third-order valence-electron chi connectivity index (χ3n) is 5.88. The number of anilines is 3. The summed E-state index contributed by atoms with van der Waals surface area (Å²) >= 11 is 6.31. The number of aromatic nitrogens is 3. The molecule has 0 aliphatic heterocycles. The van der Waals surface area contributed by atoms with Gasteiger partial charge in [-0.1, -0.05) is 41.9 Å². The molecular weight excluding hydrogens is 476 g/mol. The summed E-state index contributed by atoms with van der Waals surface area (Å²) in [5.41, 5.74) is 2.63. The summed E-state index contributed by atoms with van der Waals surface area (Å²) in [4.78, 5) is 34.4. The molecule has 9 heteroatoms. The number of carbonyl (C=O) groups is 1. The predicted molar refractivity (Wildman–Crippen MR) is 140 cm³/mol. The summed E-state index contributed by atoms with van der Waals surface area (Å²) in [5.74, 6) is 0.172. The summed E-state index contributed by atoms with van der Waals surface area (Å²) in [6, 6.07) is 17.9. The number of fused-ring (bicyclic) bond motifs is 1. The molecule has 1 aliphatic carbocycles. The number of hydrogen-bond donors (Lipinski definition) is 2. The highest BCUT2D eigenvalue weighted by atomic mass is 35.5. The van der Waals surface area contributed by atoms with Crippen LogP contribution in [-0.4, -0.2) is 20.4 Å². The van der Waals surface area contributed by atoms with Crippen molar-refractivity contribution in [2.45, 2.75) is 12.8 Å². The third-order valence-corrected chi connectivity index (χ3v) is 6.21. The van der Waals surface area contributed by atoms with Crippen molar-refractivity contribution in [3.8, 4) is 17.2 Å². The van der Waals surface area contributed by atoms with Gasteiger partial charge in [-0.15, -0.1) is 0 Å². The van der Waals surface area contributed by atoms with E-state index in [-0.39, 0.29) is 17.1 Å². The lowest BCUT2D eigenvalue weighted by Gasteiger charge is -2.12. The SMILES string of the molecule is Cn1c(=O)c(-c2ccccc2Cl)cc2cnc(Nc3cccc(NC(=O)/C(C#N)=C/C4CC4)c3)nc21. The van der Waals surface area contributed by atoms with Crippen LogP contribution in [-0.2, 0) is 11.8 Å². The van der Waals surface area contributed by atoms with Crippen molar-refractivity contribution in [2.24, 2.45) is 13.0 Å². The van der Waals surface area contributed by atoms with Gasteiger partial charge in [-0.05, 0) is 49.1 Å². The molecule has 2 N–H and O–H groups in total. The molecule has 1 aliphatic rings. The second kappa shape index (κ2) is 9.64. The van der Waals surface area contributed by atoms with Crippen LogP contribution in [0.15, 0.2) is 77.2 Å². The Kier molecular flexibility index (Phi) is 6.23. The number of benzene rings is 2. The van der Waals surface area contributed by atoms with Crippen LogP contribution in [0.25, 0.3) is 22.2 Å². The van der Waals surface area contributed by atoms with Crippen LogP contribution in [0, 0.1) is 17.2 Å². The Morgan fingerprint density at radius 3 is 2.67 bits per heavy atom. The molecule has 178 valence electrons. The fraction of sp³-hybridized carbons (Fsp3) is 0.148. The van der Waals surface area contributed by atoms with Crippen molar-refractivity contribution < 1.29 is 4.79 Å². The maximum absolute atomic E-state index is 13.1. The van der Waals surface area contributed by atoms with E-state index in [0.29, 0.717) is 44.5 Å². The number of nitrogens with one attached hydrogen (secondary N) is 2. The quantitative estimate of drug-likeness (QED) is 0.280. The molecule has 36 heavy (non-hydrogen) atoms. The Bertz CT molecular complexity index is 1630. The van der Waals surface area contributed by atoms with Crippen molar-refractivity contribution in [2.75, 3.05) is 10.6 Å². The van der Waals surface area contributed by atoms with Gasteiger partial charge in [-0.3, -0.25) is 14.2 Å². The van der Waals surface area contributed by atoms with E-state index in [0.717, 1.165) is 12.8 Å². The molecule has 8 nitrogen and oxygen atoms in total. The number of allylic oxidation sites excluding steroid dienone is 1. The van der Waals surface area contributed by atoms with Crippen LogP contribution in [0.1, 0.15) is 12.8 Å². The molecule has 0 atom stereocenters. The van der Waals surface area contributed by atoms with Gasteiger partial charge in [-0.2, -0.15) is 10.2 Å². The first-order valence-electron chi connectivity index (χ1n) is 11.3. The molecule has 4 aromatic rings. The Morgan fingerprint density at radius 1 is 1.14 bits per heavy atom. The number of aryl methyl sites for hydroxylation is 1. The molecule has 0 unspecified atom stereocenters. The number of halogens is 1. The monoisotopic (exact) mass is 496 g/mol. The highest BCUT2D eigenvalue weighted by Gasteiger charge is 2.21. The second-order valence-electron chi connectivity index (χ2n) is 8.56. The Labute approximate surface area is 211 Å². The van der Waals surface area contributed by atoms with Gasteiger partial charge in [-0.25, -0.2) is 4.98 Å². The number of carbonyl (C=O) groups excluding carboxylic acids is 1. The predicted octanol–water partition coefficient (Wildman–Crippen LogP) is 5.19. The van der Waals surface area contributed by atoms with E-state index in [1.54, 1.807) is 61.8 Å². The molecule has 0 bridgehead atoms. The lowest BCUT2D eigenvalue weighted by Crippen LogP contribution is -2.20. The molecule has 1 amide bonds. The van der Waals surface area contributed by atoms with Crippen LogP contribution < -0.4 is 16.2 Å². The van der Waals surface area contributed by atoms with E-state index >= 15 is 0 Å². The summed E-state index contributed by atoms with van der Waals surface area (Å²) in [5, 5.41) is 16.3. The maximum Gasteiger partial charge on any atom is 0.265 e. The zero-order chi connectivity index (χ0) is 25.2. The minimum absolute atomic E-state index is 0.116. The molecule has 2 heterocycles. The van der Waals surface area contributed by atoms with Gasteiger partial charge in [0.15, 0.2) is 0 Å². The Morgan fingerprint density at radius 2 is 1.92 bits per heavy atom. The van der Waals surface area contributed by atoms with Crippen LogP contribution in [0.2, 0.25) is 5.02 Å². The molecule has 5 rings (SSSR count). The number of rotatable bonds is 6. The summed E-state index contributed by atoms with van der Waals surface area (Å²) in [6.07, 6.45) is 5.38. The second-order valence-corrected chi connectivity index (χ2v) is 8.97. The molecule has 0 radical (unpaired) electrons. The smallest absolute Gasteiger partial charge is 0.265 e. The topological polar surface area (TPSA) is 113 Å². The molecule has 1 saturated carbocycles. The zero-order valence-corrected chi connectivity index (χ0v) is 20.1. The summed E-state index contributed by atoms with van der Waals surface area (Å²) < 4.78 is 1.47.